The van der Waals surface area contributed by atoms with Crippen molar-refractivity contribution < 1.29 is 9.13 Å². The zero-order chi connectivity index (χ0) is 13.0. The van der Waals surface area contributed by atoms with Crippen LogP contribution >= 0.6 is 11.3 Å². The Kier molecular flexibility index (Phi) is 4.33. The van der Waals surface area contributed by atoms with E-state index in [9.17, 15) is 4.39 Å². The first-order valence-corrected chi connectivity index (χ1v) is 6.62. The Morgan fingerprint density at radius 1 is 1.22 bits per heavy atom. The number of aryl methyl sites for hydroxylation is 1. The van der Waals surface area contributed by atoms with Crippen LogP contribution in [0.1, 0.15) is 15.3 Å². The van der Waals surface area contributed by atoms with Crippen molar-refractivity contribution in [1.82, 2.24) is 5.32 Å². The minimum absolute atomic E-state index is 0.274. The van der Waals surface area contributed by atoms with Crippen LogP contribution in [0.2, 0.25) is 0 Å². The van der Waals surface area contributed by atoms with E-state index in [1.165, 1.54) is 4.88 Å². The fourth-order valence-electron chi connectivity index (χ4n) is 1.65. The van der Waals surface area contributed by atoms with Crippen molar-refractivity contribution in [3.63, 3.8) is 0 Å². The van der Waals surface area contributed by atoms with Crippen LogP contribution < -0.4 is 10.1 Å². The van der Waals surface area contributed by atoms with Crippen molar-refractivity contribution in [3.8, 4) is 5.75 Å². The van der Waals surface area contributed by atoms with Gasteiger partial charge in [-0.05, 0) is 37.7 Å². The molecule has 2 nitrogen and oxygen atoms in total. The molecule has 1 N–H and O–H groups in total. The topological polar surface area (TPSA) is 21.3 Å². The van der Waals surface area contributed by atoms with Crippen molar-refractivity contribution in [2.45, 2.75) is 20.1 Å². The van der Waals surface area contributed by atoms with Crippen molar-refractivity contribution >= 4 is 11.3 Å². The maximum atomic E-state index is 13.7. The molecule has 0 aliphatic rings. The number of hydrogen-bond donors (Lipinski definition) is 1. The van der Waals surface area contributed by atoms with Crippen LogP contribution in [0.15, 0.2) is 30.3 Å². The lowest BCUT2D eigenvalue weighted by molar-refractivity contribution is 0.293. The lowest BCUT2D eigenvalue weighted by Gasteiger charge is -2.07. The van der Waals surface area contributed by atoms with Crippen LogP contribution in [-0.2, 0) is 13.2 Å². The van der Waals surface area contributed by atoms with Gasteiger partial charge >= 0.3 is 0 Å². The van der Waals surface area contributed by atoms with E-state index in [0.717, 1.165) is 11.4 Å². The van der Waals surface area contributed by atoms with Gasteiger partial charge in [0, 0.05) is 16.3 Å². The monoisotopic (exact) mass is 265 g/mol. The van der Waals surface area contributed by atoms with E-state index in [1.54, 1.807) is 36.5 Å². The van der Waals surface area contributed by atoms with Gasteiger partial charge in [0.25, 0.3) is 0 Å². The molecule has 0 saturated carbocycles. The number of nitrogens with one attached hydrogen (secondary N) is 1. The lowest BCUT2D eigenvalue weighted by Crippen LogP contribution is -2.02. The maximum absolute atomic E-state index is 13.7. The van der Waals surface area contributed by atoms with E-state index in [1.807, 2.05) is 13.1 Å². The number of hydrogen-bond acceptors (Lipinski definition) is 3. The van der Waals surface area contributed by atoms with Crippen molar-refractivity contribution in [2.24, 2.45) is 0 Å². The molecule has 0 aliphatic carbocycles. The second-order valence-corrected chi connectivity index (χ2v) is 5.33. The number of ether oxygens (including phenoxy) is 1. The number of thiophene rings is 1. The molecule has 0 aliphatic heterocycles. The molecule has 4 heteroatoms. The van der Waals surface area contributed by atoms with E-state index in [4.69, 9.17) is 4.74 Å². The number of rotatable bonds is 5. The average molecular weight is 265 g/mol. The molecule has 1 aromatic heterocycles. The maximum Gasteiger partial charge on any atom is 0.167 e. The molecule has 96 valence electrons. The molecule has 2 rings (SSSR count). The van der Waals surface area contributed by atoms with E-state index >= 15 is 0 Å². The first-order valence-electron chi connectivity index (χ1n) is 5.81. The molecule has 0 atom stereocenters. The fourth-order valence-corrected chi connectivity index (χ4v) is 2.59. The number of benzene rings is 1. The third-order valence-electron chi connectivity index (χ3n) is 2.59. The Labute approximate surface area is 110 Å². The van der Waals surface area contributed by atoms with E-state index in [0.29, 0.717) is 17.9 Å². The first-order chi connectivity index (χ1) is 8.70. The molecule has 0 fully saturated rings. The zero-order valence-electron chi connectivity index (χ0n) is 10.5. The SMILES string of the molecule is CNCc1ccc(COc2cccc(C)c2F)s1. The molecule has 0 radical (unpaired) electrons. The van der Waals surface area contributed by atoms with Gasteiger partial charge in [-0.2, -0.15) is 0 Å². The highest BCUT2D eigenvalue weighted by molar-refractivity contribution is 7.11. The number of halogens is 1. The van der Waals surface area contributed by atoms with E-state index < -0.39 is 0 Å². The molecule has 2 aromatic rings. The average Bonchev–Trinajstić information content (AvgIpc) is 2.79. The Balaban J connectivity index is 2.00. The van der Waals surface area contributed by atoms with Crippen LogP contribution in [0.4, 0.5) is 4.39 Å². The highest BCUT2D eigenvalue weighted by Crippen LogP contribution is 2.23. The van der Waals surface area contributed by atoms with Crippen LogP contribution in [0, 0.1) is 12.7 Å². The molecular formula is C14H16FNOS. The third-order valence-corrected chi connectivity index (χ3v) is 3.65. The zero-order valence-corrected chi connectivity index (χ0v) is 11.3. The third kappa shape index (κ3) is 3.09. The summed E-state index contributed by atoms with van der Waals surface area (Å²) in [5, 5.41) is 3.10. The van der Waals surface area contributed by atoms with Crippen molar-refractivity contribution in [3.05, 3.63) is 51.5 Å². The Morgan fingerprint density at radius 3 is 2.78 bits per heavy atom. The van der Waals surface area contributed by atoms with Crippen molar-refractivity contribution in [1.29, 1.82) is 0 Å². The van der Waals surface area contributed by atoms with Gasteiger partial charge in [0.2, 0.25) is 0 Å². The molecule has 0 saturated heterocycles. The Bertz CT molecular complexity index is 524. The molecule has 0 amide bonds. The van der Waals surface area contributed by atoms with E-state index in [-0.39, 0.29) is 5.82 Å². The minimum Gasteiger partial charge on any atom is -0.485 e. The van der Waals surface area contributed by atoms with Crippen LogP contribution in [0.3, 0.4) is 0 Å². The lowest BCUT2D eigenvalue weighted by atomic mass is 10.2. The summed E-state index contributed by atoms with van der Waals surface area (Å²) in [7, 11) is 1.91. The quantitative estimate of drug-likeness (QED) is 0.893. The van der Waals surface area contributed by atoms with Gasteiger partial charge in [0.1, 0.15) is 6.61 Å². The summed E-state index contributed by atoms with van der Waals surface area (Å²) in [4.78, 5) is 2.35. The summed E-state index contributed by atoms with van der Waals surface area (Å²) in [5.74, 6) is 0.0445. The predicted molar refractivity (Wildman–Crippen MR) is 72.6 cm³/mol. The largest absolute Gasteiger partial charge is 0.485 e. The molecule has 0 unspecified atom stereocenters. The second-order valence-electron chi connectivity index (χ2n) is 4.07. The highest BCUT2D eigenvalue weighted by atomic mass is 32.1. The summed E-state index contributed by atoms with van der Waals surface area (Å²) in [6.07, 6.45) is 0. The molecule has 1 aromatic carbocycles. The van der Waals surface area contributed by atoms with Crippen LogP contribution in [0.5, 0.6) is 5.75 Å². The van der Waals surface area contributed by atoms with Crippen LogP contribution in [-0.4, -0.2) is 7.05 Å². The molecular weight excluding hydrogens is 249 g/mol. The summed E-state index contributed by atoms with van der Waals surface area (Å²) in [6, 6.07) is 9.27. The summed E-state index contributed by atoms with van der Waals surface area (Å²) < 4.78 is 19.2. The normalized spacial score (nSPS) is 10.6. The van der Waals surface area contributed by atoms with Gasteiger partial charge in [0.05, 0.1) is 0 Å². The van der Waals surface area contributed by atoms with Crippen molar-refractivity contribution in [2.75, 3.05) is 7.05 Å². The summed E-state index contributed by atoms with van der Waals surface area (Å²) in [5.41, 5.74) is 0.606. The van der Waals surface area contributed by atoms with Gasteiger partial charge in [0.15, 0.2) is 11.6 Å². The molecule has 0 bridgehead atoms. The smallest absolute Gasteiger partial charge is 0.167 e. The summed E-state index contributed by atoms with van der Waals surface area (Å²) in [6.45, 7) is 3.00. The summed E-state index contributed by atoms with van der Waals surface area (Å²) >= 11 is 1.68. The second kappa shape index (κ2) is 5.98. The van der Waals surface area contributed by atoms with Gasteiger partial charge in [-0.1, -0.05) is 12.1 Å². The van der Waals surface area contributed by atoms with Crippen LogP contribution in [0.25, 0.3) is 0 Å². The van der Waals surface area contributed by atoms with E-state index in [2.05, 4.69) is 11.4 Å². The fraction of sp³-hybridized carbons (Fsp3) is 0.286. The van der Waals surface area contributed by atoms with Gasteiger partial charge in [-0.3, -0.25) is 0 Å². The van der Waals surface area contributed by atoms with Gasteiger partial charge < -0.3 is 10.1 Å². The standard InChI is InChI=1S/C14H16FNOS/c1-10-4-3-5-13(14(10)15)17-9-12-7-6-11(18-12)8-16-2/h3-7,16H,8-9H2,1-2H3. The molecule has 1 heterocycles. The molecule has 18 heavy (non-hydrogen) atoms. The Hall–Kier alpha value is -1.39. The predicted octanol–water partition coefficient (Wildman–Crippen LogP) is 3.49. The van der Waals surface area contributed by atoms with Gasteiger partial charge in [-0.15, -0.1) is 11.3 Å². The van der Waals surface area contributed by atoms with Gasteiger partial charge in [-0.25, -0.2) is 4.39 Å². The highest BCUT2D eigenvalue weighted by Gasteiger charge is 2.06. The first kappa shape index (κ1) is 13.1. The minimum atomic E-state index is -0.274. The molecule has 0 spiro atoms. The Morgan fingerprint density at radius 2 is 2.00 bits per heavy atom.